The molecule has 0 bridgehead atoms. The molecule has 2 heterocycles. The topological polar surface area (TPSA) is 77.7 Å². The molecular formula is C25H22F3N3O4. The number of hydrogen-bond acceptors (Lipinski definition) is 6. The number of oxazole rings is 1. The van der Waals surface area contributed by atoms with Gasteiger partial charge in [0.1, 0.15) is 34.9 Å². The first-order valence-electron chi connectivity index (χ1n) is 10.6. The Hall–Kier alpha value is -4.08. The zero-order valence-electron chi connectivity index (χ0n) is 19.2. The molecule has 35 heavy (non-hydrogen) atoms. The Morgan fingerprint density at radius 1 is 1.00 bits per heavy atom. The first-order chi connectivity index (χ1) is 16.5. The number of aromatic nitrogens is 2. The van der Waals surface area contributed by atoms with Gasteiger partial charge in [0.2, 0.25) is 5.89 Å². The van der Waals surface area contributed by atoms with Crippen molar-refractivity contribution in [3.8, 4) is 11.5 Å². The van der Waals surface area contributed by atoms with Crippen LogP contribution in [0.25, 0.3) is 11.1 Å². The number of nitrogens with zero attached hydrogens (tertiary/aromatic N) is 3. The van der Waals surface area contributed by atoms with Crippen molar-refractivity contribution >= 4 is 22.9 Å². The van der Waals surface area contributed by atoms with Crippen LogP contribution in [-0.4, -0.2) is 21.7 Å². The fourth-order valence-electron chi connectivity index (χ4n) is 3.16. The Bertz CT molecular complexity index is 1330. The lowest BCUT2D eigenvalue weighted by molar-refractivity contribution is -0.141. The molecule has 0 radical (unpaired) electrons. The van der Waals surface area contributed by atoms with Crippen molar-refractivity contribution in [3.63, 3.8) is 0 Å². The molecule has 4 aromatic rings. The van der Waals surface area contributed by atoms with E-state index < -0.39 is 23.6 Å². The van der Waals surface area contributed by atoms with Crippen LogP contribution in [0.5, 0.6) is 11.5 Å². The zero-order chi connectivity index (χ0) is 25.2. The van der Waals surface area contributed by atoms with Gasteiger partial charge in [-0.15, -0.1) is 0 Å². The summed E-state index contributed by atoms with van der Waals surface area (Å²) in [6.45, 7) is 4.71. The number of halogens is 3. The predicted molar refractivity (Wildman–Crippen MR) is 122 cm³/mol. The molecule has 0 unspecified atom stereocenters. The molecule has 0 saturated carbocycles. The first-order valence-corrected chi connectivity index (χ1v) is 10.6. The molecule has 182 valence electrons. The number of anilines is 1. The number of hydrogen-bond donors (Lipinski definition) is 0. The smallest absolute Gasteiger partial charge is 0.433 e. The van der Waals surface area contributed by atoms with E-state index in [2.05, 4.69) is 9.97 Å². The molecule has 0 fully saturated rings. The van der Waals surface area contributed by atoms with Gasteiger partial charge >= 0.3 is 12.3 Å². The van der Waals surface area contributed by atoms with E-state index in [1.807, 2.05) is 18.2 Å². The van der Waals surface area contributed by atoms with Crippen LogP contribution in [0.2, 0.25) is 0 Å². The number of pyridine rings is 1. The highest BCUT2D eigenvalue weighted by molar-refractivity contribution is 5.87. The summed E-state index contributed by atoms with van der Waals surface area (Å²) in [5.74, 6) is 1.26. The molecular weight excluding hydrogens is 463 g/mol. The second-order valence-corrected chi connectivity index (χ2v) is 8.62. The highest BCUT2D eigenvalue weighted by Gasteiger charge is 2.34. The summed E-state index contributed by atoms with van der Waals surface area (Å²) in [5, 5.41) is 0. The number of para-hydroxylation sites is 1. The molecule has 0 aliphatic carbocycles. The molecule has 4 rings (SSSR count). The van der Waals surface area contributed by atoms with E-state index in [9.17, 15) is 18.0 Å². The van der Waals surface area contributed by atoms with Gasteiger partial charge in [-0.25, -0.2) is 9.78 Å². The highest BCUT2D eigenvalue weighted by atomic mass is 19.4. The lowest BCUT2D eigenvalue weighted by Gasteiger charge is -2.27. The highest BCUT2D eigenvalue weighted by Crippen LogP contribution is 2.32. The van der Waals surface area contributed by atoms with Crippen LogP contribution in [0, 0.1) is 0 Å². The summed E-state index contributed by atoms with van der Waals surface area (Å²) in [5.41, 5.74) is -1.18. The Morgan fingerprint density at radius 3 is 2.43 bits per heavy atom. The maximum Gasteiger partial charge on any atom is 0.433 e. The van der Waals surface area contributed by atoms with Gasteiger partial charge in [-0.1, -0.05) is 18.2 Å². The minimum absolute atomic E-state index is 0.0584. The summed E-state index contributed by atoms with van der Waals surface area (Å²) >= 11 is 0. The average molecular weight is 485 g/mol. The molecule has 2 aromatic carbocycles. The normalized spacial score (nSPS) is 11.9. The van der Waals surface area contributed by atoms with Crippen molar-refractivity contribution in [2.75, 3.05) is 4.90 Å². The van der Waals surface area contributed by atoms with Crippen molar-refractivity contribution in [2.24, 2.45) is 0 Å². The monoisotopic (exact) mass is 485 g/mol. The summed E-state index contributed by atoms with van der Waals surface area (Å²) in [7, 11) is 0. The molecule has 0 aliphatic rings. The number of alkyl halides is 3. The van der Waals surface area contributed by atoms with Gasteiger partial charge in [-0.05, 0) is 57.2 Å². The average Bonchev–Trinajstić information content (AvgIpc) is 3.18. The van der Waals surface area contributed by atoms with E-state index in [-0.39, 0.29) is 18.1 Å². The zero-order valence-corrected chi connectivity index (χ0v) is 19.2. The Morgan fingerprint density at radius 2 is 1.74 bits per heavy atom. The van der Waals surface area contributed by atoms with E-state index in [4.69, 9.17) is 13.9 Å². The number of amides is 1. The third-order valence-corrected chi connectivity index (χ3v) is 4.64. The molecule has 0 N–H and O–H groups in total. The van der Waals surface area contributed by atoms with Crippen LogP contribution in [0.1, 0.15) is 32.4 Å². The van der Waals surface area contributed by atoms with Crippen LogP contribution < -0.4 is 9.64 Å². The fourth-order valence-corrected chi connectivity index (χ4v) is 3.16. The SMILES string of the molecule is CC(C)(C)OC(=O)N(Cc1nc2ccc(Oc3ccccc3)cc2o1)c1ccnc(C(F)(F)F)c1. The van der Waals surface area contributed by atoms with E-state index in [1.54, 1.807) is 51.1 Å². The van der Waals surface area contributed by atoms with Gasteiger partial charge in [0.05, 0.1) is 5.69 Å². The number of carbonyl (C=O) groups excluding carboxylic acids is 1. The van der Waals surface area contributed by atoms with Gasteiger partial charge < -0.3 is 13.9 Å². The second kappa shape index (κ2) is 9.28. The van der Waals surface area contributed by atoms with Gasteiger partial charge in [0, 0.05) is 12.3 Å². The van der Waals surface area contributed by atoms with Crippen LogP contribution >= 0.6 is 0 Å². The quantitative estimate of drug-likeness (QED) is 0.304. The molecule has 0 atom stereocenters. The molecule has 0 aliphatic heterocycles. The van der Waals surface area contributed by atoms with Crippen molar-refractivity contribution in [1.29, 1.82) is 0 Å². The Kier molecular flexibility index (Phi) is 6.38. The third kappa shape index (κ3) is 6.08. The van der Waals surface area contributed by atoms with E-state index >= 15 is 0 Å². The number of fused-ring (bicyclic) bond motifs is 1. The van der Waals surface area contributed by atoms with Gasteiger partial charge in [-0.2, -0.15) is 13.2 Å². The predicted octanol–water partition coefficient (Wildman–Crippen LogP) is 6.98. The van der Waals surface area contributed by atoms with E-state index in [0.717, 1.165) is 17.2 Å². The molecule has 2 aromatic heterocycles. The third-order valence-electron chi connectivity index (χ3n) is 4.64. The lowest BCUT2D eigenvalue weighted by atomic mass is 10.2. The van der Waals surface area contributed by atoms with Crippen LogP contribution in [0.4, 0.5) is 23.7 Å². The summed E-state index contributed by atoms with van der Waals surface area (Å²) in [6.07, 6.45) is -4.55. The number of ether oxygens (including phenoxy) is 2. The molecule has 0 saturated heterocycles. The number of benzene rings is 2. The number of carbonyl (C=O) groups is 1. The van der Waals surface area contributed by atoms with Crippen LogP contribution in [0.15, 0.2) is 71.3 Å². The lowest BCUT2D eigenvalue weighted by Crippen LogP contribution is -2.36. The second-order valence-electron chi connectivity index (χ2n) is 8.62. The standard InChI is InChI=1S/C25H22F3N3O4/c1-24(2,3)35-23(32)31(16-11-12-29-21(13-16)25(26,27)28)15-22-30-19-10-9-18(14-20(19)34-22)33-17-7-5-4-6-8-17/h4-14H,15H2,1-3H3. The Balaban J connectivity index is 1.64. The fraction of sp³-hybridized carbons (Fsp3) is 0.240. The first kappa shape index (κ1) is 24.1. The minimum atomic E-state index is -4.68. The minimum Gasteiger partial charge on any atom is -0.457 e. The molecule has 7 nitrogen and oxygen atoms in total. The maximum atomic E-state index is 13.2. The van der Waals surface area contributed by atoms with Crippen LogP contribution in [0.3, 0.4) is 0 Å². The van der Waals surface area contributed by atoms with E-state index in [1.165, 1.54) is 6.07 Å². The molecule has 10 heteroatoms. The van der Waals surface area contributed by atoms with Crippen LogP contribution in [-0.2, 0) is 17.5 Å². The van der Waals surface area contributed by atoms with Crippen molar-refractivity contribution in [1.82, 2.24) is 9.97 Å². The van der Waals surface area contributed by atoms with Crippen molar-refractivity contribution in [3.05, 3.63) is 78.4 Å². The van der Waals surface area contributed by atoms with Crippen molar-refractivity contribution in [2.45, 2.75) is 39.1 Å². The molecule has 1 amide bonds. The van der Waals surface area contributed by atoms with Gasteiger partial charge in [-0.3, -0.25) is 9.88 Å². The molecule has 0 spiro atoms. The van der Waals surface area contributed by atoms with Crippen molar-refractivity contribution < 1.29 is 31.9 Å². The van der Waals surface area contributed by atoms with Gasteiger partial charge in [0.25, 0.3) is 0 Å². The summed E-state index contributed by atoms with van der Waals surface area (Å²) in [4.78, 5) is 21.7. The largest absolute Gasteiger partial charge is 0.457 e. The summed E-state index contributed by atoms with van der Waals surface area (Å²) in [6, 6.07) is 16.3. The van der Waals surface area contributed by atoms with Gasteiger partial charge in [0.15, 0.2) is 5.58 Å². The van der Waals surface area contributed by atoms with E-state index in [0.29, 0.717) is 22.6 Å². The number of rotatable bonds is 5. The Labute approximate surface area is 199 Å². The maximum absolute atomic E-state index is 13.2. The summed E-state index contributed by atoms with van der Waals surface area (Å²) < 4.78 is 56.7.